The molecule has 1 fully saturated rings. The summed E-state index contributed by atoms with van der Waals surface area (Å²) >= 11 is 0. The van der Waals surface area contributed by atoms with Gasteiger partial charge in [-0.2, -0.15) is 0 Å². The van der Waals surface area contributed by atoms with Crippen molar-refractivity contribution in [3.05, 3.63) is 0 Å². The highest BCUT2D eigenvalue weighted by molar-refractivity contribution is 14.0. The second-order valence-corrected chi connectivity index (χ2v) is 8.35. The summed E-state index contributed by atoms with van der Waals surface area (Å²) in [6, 6.07) is 0.307. The maximum Gasteiger partial charge on any atom is 0.243 e. The van der Waals surface area contributed by atoms with Gasteiger partial charge in [0.15, 0.2) is 5.96 Å². The first-order valence-electron chi connectivity index (χ1n) is 9.51. The molecular formula is C19H39IN4O2. The molecule has 1 rings (SSSR count). The highest BCUT2D eigenvalue weighted by Gasteiger charge is 2.35. The van der Waals surface area contributed by atoms with E-state index in [1.165, 1.54) is 0 Å². The molecule has 1 heterocycles. The Balaban J connectivity index is 0.00000625. The fraction of sp³-hybridized carbons (Fsp3) is 0.895. The number of halogens is 1. The molecule has 26 heavy (non-hydrogen) atoms. The topological polar surface area (TPSA) is 66.0 Å². The van der Waals surface area contributed by atoms with Crippen LogP contribution in [0.1, 0.15) is 53.9 Å². The van der Waals surface area contributed by atoms with E-state index in [1.807, 2.05) is 0 Å². The van der Waals surface area contributed by atoms with Crippen molar-refractivity contribution in [2.45, 2.75) is 66.0 Å². The largest absolute Gasteiger partial charge is 0.377 e. The van der Waals surface area contributed by atoms with Crippen molar-refractivity contribution in [1.82, 2.24) is 15.5 Å². The van der Waals surface area contributed by atoms with Crippen LogP contribution in [0, 0.1) is 11.3 Å². The normalized spacial score (nSPS) is 22.2. The van der Waals surface area contributed by atoms with E-state index in [0.717, 1.165) is 32.4 Å². The Bertz CT molecular complexity index is 449. The molecule has 1 aliphatic heterocycles. The Morgan fingerprint density at radius 3 is 2.54 bits per heavy atom. The van der Waals surface area contributed by atoms with Crippen molar-refractivity contribution in [2.75, 3.05) is 33.8 Å². The molecule has 6 nitrogen and oxygen atoms in total. The van der Waals surface area contributed by atoms with Crippen LogP contribution in [0.5, 0.6) is 0 Å². The molecule has 0 aromatic carbocycles. The molecule has 0 aromatic heterocycles. The monoisotopic (exact) mass is 482 g/mol. The third-order valence-corrected chi connectivity index (χ3v) is 4.70. The first-order valence-corrected chi connectivity index (χ1v) is 9.51. The summed E-state index contributed by atoms with van der Waals surface area (Å²) in [5.74, 6) is 1.16. The molecule has 0 aliphatic carbocycles. The lowest BCUT2D eigenvalue weighted by Gasteiger charge is -2.40. The fourth-order valence-corrected chi connectivity index (χ4v) is 3.01. The number of aliphatic imine (C=N–C) groups is 1. The van der Waals surface area contributed by atoms with E-state index in [2.05, 4.69) is 50.2 Å². The van der Waals surface area contributed by atoms with Gasteiger partial charge in [-0.05, 0) is 31.6 Å². The van der Waals surface area contributed by atoms with Gasteiger partial charge in [0.25, 0.3) is 0 Å². The van der Waals surface area contributed by atoms with Gasteiger partial charge in [0.05, 0.1) is 6.10 Å². The van der Waals surface area contributed by atoms with Gasteiger partial charge in [-0.1, -0.05) is 27.7 Å². The number of rotatable bonds is 6. The maximum absolute atomic E-state index is 11.8. The summed E-state index contributed by atoms with van der Waals surface area (Å²) in [5.41, 5.74) is 0.120. The SMILES string of the molecule is CCC(C)NC(=NCC(=O)N(C)C)NCC1CCCOC1C(C)(C)C.I. The number of hydrogen-bond donors (Lipinski definition) is 2. The van der Waals surface area contributed by atoms with Crippen LogP contribution in [0.2, 0.25) is 0 Å². The molecule has 7 heteroatoms. The Hall–Kier alpha value is -0.570. The molecule has 3 atom stereocenters. The second-order valence-electron chi connectivity index (χ2n) is 8.35. The summed E-state index contributed by atoms with van der Waals surface area (Å²) in [4.78, 5) is 17.9. The predicted octanol–water partition coefficient (Wildman–Crippen LogP) is 2.87. The quantitative estimate of drug-likeness (QED) is 0.347. The van der Waals surface area contributed by atoms with Crippen LogP contribution in [-0.4, -0.2) is 62.7 Å². The minimum atomic E-state index is -0.00109. The molecule has 0 bridgehead atoms. The molecule has 3 unspecified atom stereocenters. The first kappa shape index (κ1) is 25.4. The molecule has 2 N–H and O–H groups in total. The Kier molecular flexibility index (Phi) is 11.7. The lowest BCUT2D eigenvalue weighted by Crippen LogP contribution is -2.49. The standard InChI is InChI=1S/C19H38N4O2.HI/c1-8-14(2)22-18(21-13-16(24)23(6)7)20-12-15-10-9-11-25-17(15)19(3,4)5;/h14-15,17H,8-13H2,1-7H3,(H2,20,21,22);1H. The summed E-state index contributed by atoms with van der Waals surface area (Å²) in [7, 11) is 3.50. The molecule has 0 radical (unpaired) electrons. The van der Waals surface area contributed by atoms with E-state index in [1.54, 1.807) is 19.0 Å². The molecule has 0 spiro atoms. The van der Waals surface area contributed by atoms with Crippen molar-refractivity contribution < 1.29 is 9.53 Å². The smallest absolute Gasteiger partial charge is 0.243 e. The lowest BCUT2D eigenvalue weighted by atomic mass is 9.78. The van der Waals surface area contributed by atoms with Gasteiger partial charge in [-0.25, -0.2) is 4.99 Å². The third-order valence-electron chi connectivity index (χ3n) is 4.70. The number of likely N-dealkylation sites (N-methyl/N-ethyl adjacent to an activating group) is 1. The van der Waals surface area contributed by atoms with E-state index >= 15 is 0 Å². The van der Waals surface area contributed by atoms with Crippen molar-refractivity contribution >= 4 is 35.8 Å². The zero-order chi connectivity index (χ0) is 19.0. The van der Waals surface area contributed by atoms with Crippen molar-refractivity contribution in [3.63, 3.8) is 0 Å². The minimum absolute atomic E-state index is 0. The van der Waals surface area contributed by atoms with Gasteiger partial charge in [0.1, 0.15) is 6.54 Å². The minimum Gasteiger partial charge on any atom is -0.377 e. The second kappa shape index (κ2) is 12.0. The molecule has 1 amide bonds. The number of amides is 1. The van der Waals surface area contributed by atoms with Crippen molar-refractivity contribution in [1.29, 1.82) is 0 Å². The zero-order valence-electron chi connectivity index (χ0n) is 17.6. The number of ether oxygens (including phenoxy) is 1. The number of nitrogens with one attached hydrogen (secondary N) is 2. The Morgan fingerprint density at radius 1 is 1.35 bits per heavy atom. The Labute approximate surface area is 176 Å². The Morgan fingerprint density at radius 2 is 2.00 bits per heavy atom. The molecule has 1 aliphatic rings. The third kappa shape index (κ3) is 8.88. The summed E-state index contributed by atoms with van der Waals surface area (Å²) in [6.07, 6.45) is 3.49. The average molecular weight is 482 g/mol. The van der Waals surface area contributed by atoms with E-state index in [4.69, 9.17) is 4.74 Å². The van der Waals surface area contributed by atoms with E-state index < -0.39 is 0 Å². The van der Waals surface area contributed by atoms with Gasteiger partial charge in [0.2, 0.25) is 5.91 Å². The van der Waals surface area contributed by atoms with Crippen LogP contribution in [0.15, 0.2) is 4.99 Å². The maximum atomic E-state index is 11.8. The van der Waals surface area contributed by atoms with Gasteiger partial charge < -0.3 is 20.3 Å². The van der Waals surface area contributed by atoms with Crippen LogP contribution >= 0.6 is 24.0 Å². The number of carbonyl (C=O) groups excluding carboxylic acids is 1. The van der Waals surface area contributed by atoms with Crippen molar-refractivity contribution in [2.24, 2.45) is 16.3 Å². The fourth-order valence-electron chi connectivity index (χ4n) is 3.01. The zero-order valence-corrected chi connectivity index (χ0v) is 19.9. The summed E-state index contributed by atoms with van der Waals surface area (Å²) in [5, 5.41) is 6.82. The highest BCUT2D eigenvalue weighted by atomic mass is 127. The lowest BCUT2D eigenvalue weighted by molar-refractivity contribution is -0.127. The van der Waals surface area contributed by atoms with Gasteiger partial charge >= 0.3 is 0 Å². The van der Waals surface area contributed by atoms with Crippen LogP contribution < -0.4 is 10.6 Å². The predicted molar refractivity (Wildman–Crippen MR) is 119 cm³/mol. The van der Waals surface area contributed by atoms with Crippen LogP contribution in [0.3, 0.4) is 0 Å². The van der Waals surface area contributed by atoms with Crippen LogP contribution in [0.25, 0.3) is 0 Å². The van der Waals surface area contributed by atoms with Crippen molar-refractivity contribution in [3.8, 4) is 0 Å². The molecule has 0 saturated carbocycles. The number of guanidine groups is 1. The van der Waals surface area contributed by atoms with Crippen LogP contribution in [-0.2, 0) is 9.53 Å². The van der Waals surface area contributed by atoms with E-state index in [9.17, 15) is 4.79 Å². The van der Waals surface area contributed by atoms with Gasteiger partial charge in [-0.3, -0.25) is 4.79 Å². The van der Waals surface area contributed by atoms with Gasteiger partial charge in [0, 0.05) is 39.2 Å². The van der Waals surface area contributed by atoms with E-state index in [-0.39, 0.29) is 47.9 Å². The summed E-state index contributed by atoms with van der Waals surface area (Å²) in [6.45, 7) is 12.8. The molecular weight excluding hydrogens is 443 g/mol. The first-order chi connectivity index (χ1) is 11.6. The van der Waals surface area contributed by atoms with Crippen LogP contribution in [0.4, 0.5) is 0 Å². The number of nitrogens with zero attached hydrogens (tertiary/aromatic N) is 2. The van der Waals surface area contributed by atoms with Gasteiger partial charge in [-0.15, -0.1) is 24.0 Å². The molecule has 0 aromatic rings. The average Bonchev–Trinajstić information content (AvgIpc) is 2.55. The number of hydrogen-bond acceptors (Lipinski definition) is 3. The number of carbonyl (C=O) groups is 1. The summed E-state index contributed by atoms with van der Waals surface area (Å²) < 4.78 is 6.06. The van der Waals surface area contributed by atoms with E-state index in [0.29, 0.717) is 17.9 Å². The highest BCUT2D eigenvalue weighted by Crippen LogP contribution is 2.33. The molecule has 1 saturated heterocycles. The molecule has 154 valence electrons.